The van der Waals surface area contributed by atoms with Crippen molar-refractivity contribution in [3.05, 3.63) is 47.2 Å². The molecule has 0 spiro atoms. The number of rotatable bonds is 4. The SMILES string of the molecule is CCNC(C1=CCCO1)c1ccc(C)cc1. The predicted molar refractivity (Wildman–Crippen MR) is 66.2 cm³/mol. The zero-order valence-electron chi connectivity index (χ0n) is 9.99. The van der Waals surface area contributed by atoms with E-state index in [0.717, 1.165) is 25.3 Å². The largest absolute Gasteiger partial charge is 0.496 e. The minimum atomic E-state index is 0.216. The first-order valence-corrected chi connectivity index (χ1v) is 5.94. The van der Waals surface area contributed by atoms with Crippen LogP contribution in [0.5, 0.6) is 0 Å². The van der Waals surface area contributed by atoms with Gasteiger partial charge in [0.25, 0.3) is 0 Å². The van der Waals surface area contributed by atoms with Crippen molar-refractivity contribution in [2.24, 2.45) is 0 Å². The summed E-state index contributed by atoms with van der Waals surface area (Å²) in [6.07, 6.45) is 3.22. The van der Waals surface area contributed by atoms with Crippen molar-refractivity contribution in [2.45, 2.75) is 26.3 Å². The molecule has 0 saturated carbocycles. The Hall–Kier alpha value is -1.28. The summed E-state index contributed by atoms with van der Waals surface area (Å²) >= 11 is 0. The molecule has 0 fully saturated rings. The Morgan fingerprint density at radius 1 is 1.31 bits per heavy atom. The van der Waals surface area contributed by atoms with Crippen LogP contribution in [0.4, 0.5) is 0 Å². The normalized spacial score (nSPS) is 16.8. The molecule has 1 heterocycles. The Bertz CT molecular complexity index is 367. The molecule has 0 radical (unpaired) electrons. The van der Waals surface area contributed by atoms with Gasteiger partial charge in [0.1, 0.15) is 5.76 Å². The third-order valence-electron chi connectivity index (χ3n) is 2.84. The summed E-state index contributed by atoms with van der Waals surface area (Å²) in [5, 5.41) is 3.47. The Labute approximate surface area is 97.3 Å². The van der Waals surface area contributed by atoms with Crippen LogP contribution in [0.2, 0.25) is 0 Å². The smallest absolute Gasteiger partial charge is 0.114 e. The summed E-state index contributed by atoms with van der Waals surface area (Å²) in [6.45, 7) is 6.00. The van der Waals surface area contributed by atoms with Gasteiger partial charge in [-0.25, -0.2) is 0 Å². The zero-order chi connectivity index (χ0) is 11.4. The maximum Gasteiger partial charge on any atom is 0.114 e. The number of ether oxygens (including phenoxy) is 1. The van der Waals surface area contributed by atoms with Crippen LogP contribution in [0.1, 0.15) is 30.5 Å². The summed E-state index contributed by atoms with van der Waals surface area (Å²) < 4.78 is 5.65. The summed E-state index contributed by atoms with van der Waals surface area (Å²) in [4.78, 5) is 0. The Kier molecular flexibility index (Phi) is 3.62. The van der Waals surface area contributed by atoms with Gasteiger partial charge in [-0.3, -0.25) is 0 Å². The minimum absolute atomic E-state index is 0.216. The second-order valence-electron chi connectivity index (χ2n) is 4.15. The first kappa shape index (κ1) is 11.2. The fourth-order valence-corrected chi connectivity index (χ4v) is 1.98. The van der Waals surface area contributed by atoms with E-state index in [1.54, 1.807) is 0 Å². The van der Waals surface area contributed by atoms with Gasteiger partial charge in [0.15, 0.2) is 0 Å². The number of hydrogen-bond donors (Lipinski definition) is 1. The molecule has 2 nitrogen and oxygen atoms in total. The van der Waals surface area contributed by atoms with E-state index in [9.17, 15) is 0 Å². The van der Waals surface area contributed by atoms with E-state index in [0.29, 0.717) is 0 Å². The van der Waals surface area contributed by atoms with Crippen LogP contribution >= 0.6 is 0 Å². The molecule has 1 unspecified atom stereocenters. The average molecular weight is 217 g/mol. The average Bonchev–Trinajstić information content (AvgIpc) is 2.81. The Morgan fingerprint density at radius 2 is 2.06 bits per heavy atom. The van der Waals surface area contributed by atoms with E-state index in [-0.39, 0.29) is 6.04 Å². The number of likely N-dealkylation sites (N-methyl/N-ethyl adjacent to an activating group) is 1. The molecule has 0 aromatic heterocycles. The van der Waals surface area contributed by atoms with Crippen molar-refractivity contribution in [1.82, 2.24) is 5.32 Å². The van der Waals surface area contributed by atoms with Gasteiger partial charge in [0.05, 0.1) is 12.6 Å². The lowest BCUT2D eigenvalue weighted by molar-refractivity contribution is 0.216. The van der Waals surface area contributed by atoms with E-state index in [1.807, 2.05) is 0 Å². The molecular formula is C14H19NO. The summed E-state index contributed by atoms with van der Waals surface area (Å²) in [6, 6.07) is 8.86. The van der Waals surface area contributed by atoms with Gasteiger partial charge in [0, 0.05) is 6.42 Å². The van der Waals surface area contributed by atoms with Crippen LogP contribution in [0.15, 0.2) is 36.1 Å². The molecule has 0 amide bonds. The maximum atomic E-state index is 5.65. The second kappa shape index (κ2) is 5.17. The van der Waals surface area contributed by atoms with Crippen molar-refractivity contribution in [3.8, 4) is 0 Å². The van der Waals surface area contributed by atoms with Crippen molar-refractivity contribution in [3.63, 3.8) is 0 Å². The Balaban J connectivity index is 2.21. The second-order valence-corrected chi connectivity index (χ2v) is 4.15. The topological polar surface area (TPSA) is 21.3 Å². The third-order valence-corrected chi connectivity index (χ3v) is 2.84. The number of hydrogen-bond acceptors (Lipinski definition) is 2. The maximum absolute atomic E-state index is 5.65. The quantitative estimate of drug-likeness (QED) is 0.837. The molecule has 1 aliphatic rings. The van der Waals surface area contributed by atoms with Crippen molar-refractivity contribution in [2.75, 3.05) is 13.2 Å². The molecule has 2 rings (SSSR count). The van der Waals surface area contributed by atoms with Gasteiger partial charge in [-0.15, -0.1) is 0 Å². The molecule has 1 aromatic rings. The van der Waals surface area contributed by atoms with Gasteiger partial charge in [-0.05, 0) is 25.1 Å². The molecule has 0 aliphatic carbocycles. The van der Waals surface area contributed by atoms with E-state index in [2.05, 4.69) is 49.5 Å². The highest BCUT2D eigenvalue weighted by atomic mass is 16.5. The van der Waals surface area contributed by atoms with Crippen LogP contribution in [-0.4, -0.2) is 13.2 Å². The third kappa shape index (κ3) is 2.45. The van der Waals surface area contributed by atoms with Crippen molar-refractivity contribution >= 4 is 0 Å². The lowest BCUT2D eigenvalue weighted by Crippen LogP contribution is -2.23. The van der Waals surface area contributed by atoms with E-state index >= 15 is 0 Å². The lowest BCUT2D eigenvalue weighted by Gasteiger charge is -2.19. The number of benzene rings is 1. The summed E-state index contributed by atoms with van der Waals surface area (Å²) in [7, 11) is 0. The molecule has 0 saturated heterocycles. The molecule has 1 aliphatic heterocycles. The van der Waals surface area contributed by atoms with Crippen LogP contribution < -0.4 is 5.32 Å². The van der Waals surface area contributed by atoms with Gasteiger partial charge < -0.3 is 10.1 Å². The highest BCUT2D eigenvalue weighted by Crippen LogP contribution is 2.26. The molecular weight excluding hydrogens is 198 g/mol. The minimum Gasteiger partial charge on any atom is -0.496 e. The fraction of sp³-hybridized carbons (Fsp3) is 0.429. The monoisotopic (exact) mass is 217 g/mol. The van der Waals surface area contributed by atoms with Gasteiger partial charge >= 0.3 is 0 Å². The van der Waals surface area contributed by atoms with Crippen LogP contribution in [0.3, 0.4) is 0 Å². The van der Waals surface area contributed by atoms with Crippen LogP contribution in [0, 0.1) is 6.92 Å². The van der Waals surface area contributed by atoms with Crippen molar-refractivity contribution in [1.29, 1.82) is 0 Å². The standard InChI is InChI=1S/C14H19NO/c1-3-15-14(13-5-4-10-16-13)12-8-6-11(2)7-9-12/h5-9,14-15H,3-4,10H2,1-2H3. The zero-order valence-corrected chi connectivity index (χ0v) is 9.99. The summed E-state index contributed by atoms with van der Waals surface area (Å²) in [5.74, 6) is 1.07. The number of aryl methyl sites for hydroxylation is 1. The molecule has 2 heteroatoms. The van der Waals surface area contributed by atoms with Gasteiger partial charge in [0.2, 0.25) is 0 Å². The first-order chi connectivity index (χ1) is 7.81. The summed E-state index contributed by atoms with van der Waals surface area (Å²) in [5.41, 5.74) is 2.57. The van der Waals surface area contributed by atoms with Gasteiger partial charge in [-0.1, -0.05) is 36.8 Å². The molecule has 0 bridgehead atoms. The highest BCUT2D eigenvalue weighted by molar-refractivity contribution is 5.29. The molecule has 1 atom stereocenters. The lowest BCUT2D eigenvalue weighted by atomic mass is 10.0. The van der Waals surface area contributed by atoms with E-state index in [4.69, 9.17) is 4.74 Å². The highest BCUT2D eigenvalue weighted by Gasteiger charge is 2.19. The van der Waals surface area contributed by atoms with Gasteiger partial charge in [-0.2, -0.15) is 0 Å². The molecule has 1 aromatic carbocycles. The van der Waals surface area contributed by atoms with E-state index in [1.165, 1.54) is 11.1 Å². The van der Waals surface area contributed by atoms with E-state index < -0.39 is 0 Å². The first-order valence-electron chi connectivity index (χ1n) is 5.94. The van der Waals surface area contributed by atoms with Crippen LogP contribution in [-0.2, 0) is 4.74 Å². The Morgan fingerprint density at radius 3 is 2.62 bits per heavy atom. The number of nitrogens with one attached hydrogen (secondary N) is 1. The molecule has 1 N–H and O–H groups in total. The van der Waals surface area contributed by atoms with Crippen LogP contribution in [0.25, 0.3) is 0 Å². The fourth-order valence-electron chi connectivity index (χ4n) is 1.98. The van der Waals surface area contributed by atoms with Crippen molar-refractivity contribution < 1.29 is 4.74 Å². The molecule has 86 valence electrons. The molecule has 16 heavy (non-hydrogen) atoms. The predicted octanol–water partition coefficient (Wildman–Crippen LogP) is 2.95.